The molecule has 0 amide bonds. The van der Waals surface area contributed by atoms with E-state index in [0.717, 1.165) is 57.1 Å². The lowest BCUT2D eigenvalue weighted by atomic mass is 9.88. The highest BCUT2D eigenvalue weighted by atomic mass is 15.0. The molecular formula is C45H31N5. The zero-order chi connectivity index (χ0) is 33.6. The van der Waals surface area contributed by atoms with E-state index in [1.165, 1.54) is 27.4 Å². The van der Waals surface area contributed by atoms with Crippen LogP contribution in [-0.2, 0) is 0 Å². The van der Waals surface area contributed by atoms with Crippen LogP contribution in [0.15, 0.2) is 146 Å². The van der Waals surface area contributed by atoms with Crippen LogP contribution in [0.3, 0.4) is 0 Å². The fourth-order valence-corrected chi connectivity index (χ4v) is 7.27. The van der Waals surface area contributed by atoms with Gasteiger partial charge in [-0.2, -0.15) is 5.26 Å². The average molecular weight is 642 g/mol. The quantitative estimate of drug-likeness (QED) is 0.188. The summed E-state index contributed by atoms with van der Waals surface area (Å²) in [5.41, 5.74) is 12.8. The number of benzene rings is 5. The third kappa shape index (κ3) is 4.98. The van der Waals surface area contributed by atoms with Gasteiger partial charge >= 0.3 is 0 Å². The predicted octanol–water partition coefficient (Wildman–Crippen LogP) is 11.0. The van der Waals surface area contributed by atoms with E-state index in [1.807, 2.05) is 48.5 Å². The molecule has 1 unspecified atom stereocenters. The molecule has 0 saturated heterocycles. The highest BCUT2D eigenvalue weighted by Crippen LogP contribution is 2.44. The number of nitrogens with zero attached hydrogens (tertiary/aromatic N) is 5. The van der Waals surface area contributed by atoms with Gasteiger partial charge in [-0.25, -0.2) is 15.0 Å². The summed E-state index contributed by atoms with van der Waals surface area (Å²) >= 11 is 0. The number of aromatic nitrogens is 4. The first kappa shape index (κ1) is 29.5. The van der Waals surface area contributed by atoms with Crippen molar-refractivity contribution in [2.24, 2.45) is 0 Å². The molecule has 0 N–H and O–H groups in total. The summed E-state index contributed by atoms with van der Waals surface area (Å²) in [6, 6.07) is 49.7. The molecule has 3 aromatic heterocycles. The molecular weight excluding hydrogens is 611 g/mol. The molecule has 1 atom stereocenters. The Balaban J connectivity index is 1.24. The molecule has 0 aliphatic heterocycles. The van der Waals surface area contributed by atoms with Gasteiger partial charge in [-0.3, -0.25) is 0 Å². The number of nitriles is 1. The summed E-state index contributed by atoms with van der Waals surface area (Å²) < 4.78 is 2.42. The molecule has 236 valence electrons. The van der Waals surface area contributed by atoms with Gasteiger partial charge in [-0.1, -0.05) is 116 Å². The van der Waals surface area contributed by atoms with E-state index in [0.29, 0.717) is 17.3 Å². The minimum absolute atomic E-state index is 0.338. The summed E-state index contributed by atoms with van der Waals surface area (Å²) in [5, 5.41) is 11.9. The monoisotopic (exact) mass is 641 g/mol. The van der Waals surface area contributed by atoms with E-state index in [-0.39, 0.29) is 0 Å². The Bertz CT molecular complexity index is 2630. The Kier molecular flexibility index (Phi) is 7.14. The van der Waals surface area contributed by atoms with E-state index in [4.69, 9.17) is 15.0 Å². The van der Waals surface area contributed by atoms with Crippen LogP contribution in [0.2, 0.25) is 0 Å². The molecule has 3 heterocycles. The summed E-state index contributed by atoms with van der Waals surface area (Å²) in [6.07, 6.45) is 5.42. The summed E-state index contributed by atoms with van der Waals surface area (Å²) in [4.78, 5) is 15.4. The molecule has 9 rings (SSSR count). The lowest BCUT2D eigenvalue weighted by Crippen LogP contribution is -2.07. The highest BCUT2D eigenvalue weighted by molar-refractivity contribution is 6.16. The molecule has 50 heavy (non-hydrogen) atoms. The van der Waals surface area contributed by atoms with Crippen molar-refractivity contribution >= 4 is 27.9 Å². The zero-order valence-electron chi connectivity index (χ0n) is 27.5. The van der Waals surface area contributed by atoms with Crippen molar-refractivity contribution in [1.82, 2.24) is 19.5 Å². The molecule has 1 aliphatic rings. The van der Waals surface area contributed by atoms with Gasteiger partial charge in [0.15, 0.2) is 5.82 Å². The largest absolute Gasteiger partial charge is 0.309 e. The Morgan fingerprint density at radius 3 is 2.12 bits per heavy atom. The Labute approximate surface area is 290 Å². The van der Waals surface area contributed by atoms with Crippen molar-refractivity contribution in [3.05, 3.63) is 162 Å². The van der Waals surface area contributed by atoms with Gasteiger partial charge in [0.25, 0.3) is 0 Å². The number of hydrogen-bond donors (Lipinski definition) is 0. The highest BCUT2D eigenvalue weighted by Gasteiger charge is 2.26. The first-order valence-electron chi connectivity index (χ1n) is 16.9. The second-order valence-electron chi connectivity index (χ2n) is 12.8. The van der Waals surface area contributed by atoms with Crippen LogP contribution in [0, 0.1) is 11.3 Å². The lowest BCUT2D eigenvalue weighted by molar-refractivity contribution is 0.769. The number of rotatable bonds is 5. The molecule has 0 saturated carbocycles. The van der Waals surface area contributed by atoms with Gasteiger partial charge in [0.05, 0.1) is 45.4 Å². The lowest BCUT2D eigenvalue weighted by Gasteiger charge is -2.22. The third-order valence-electron chi connectivity index (χ3n) is 9.65. The third-order valence-corrected chi connectivity index (χ3v) is 9.65. The van der Waals surface area contributed by atoms with Crippen LogP contribution in [-0.4, -0.2) is 19.5 Å². The minimum Gasteiger partial charge on any atom is -0.309 e. The van der Waals surface area contributed by atoms with Gasteiger partial charge < -0.3 is 4.57 Å². The van der Waals surface area contributed by atoms with Crippen LogP contribution in [0.5, 0.6) is 0 Å². The van der Waals surface area contributed by atoms with Gasteiger partial charge in [-0.05, 0) is 54.8 Å². The molecule has 0 radical (unpaired) electrons. The number of hydrogen-bond acceptors (Lipinski definition) is 4. The number of fused-ring (bicyclic) bond motifs is 5. The van der Waals surface area contributed by atoms with E-state index in [2.05, 4.69) is 121 Å². The molecule has 5 heteroatoms. The fourth-order valence-electron chi connectivity index (χ4n) is 7.27. The maximum Gasteiger partial charge on any atom is 0.160 e. The van der Waals surface area contributed by atoms with Gasteiger partial charge in [0, 0.05) is 44.3 Å². The molecule has 8 aromatic rings. The first-order valence-corrected chi connectivity index (χ1v) is 16.9. The minimum atomic E-state index is 0.338. The van der Waals surface area contributed by atoms with E-state index >= 15 is 0 Å². The van der Waals surface area contributed by atoms with Crippen molar-refractivity contribution in [3.63, 3.8) is 0 Å². The van der Waals surface area contributed by atoms with Crippen molar-refractivity contribution in [1.29, 1.82) is 5.26 Å². The van der Waals surface area contributed by atoms with Gasteiger partial charge in [-0.15, -0.1) is 0 Å². The smallest absolute Gasteiger partial charge is 0.160 e. The second-order valence-corrected chi connectivity index (χ2v) is 12.8. The van der Waals surface area contributed by atoms with Crippen LogP contribution >= 0.6 is 0 Å². The maximum absolute atomic E-state index is 9.56. The summed E-state index contributed by atoms with van der Waals surface area (Å²) in [7, 11) is 0. The van der Waals surface area contributed by atoms with Crippen molar-refractivity contribution < 1.29 is 0 Å². The topological polar surface area (TPSA) is 67.4 Å². The molecule has 1 aliphatic carbocycles. The van der Waals surface area contributed by atoms with E-state index in [1.54, 1.807) is 0 Å². The van der Waals surface area contributed by atoms with Crippen LogP contribution < -0.4 is 0 Å². The van der Waals surface area contributed by atoms with Crippen molar-refractivity contribution in [3.8, 4) is 56.9 Å². The maximum atomic E-state index is 9.56. The number of pyridine rings is 1. The molecule has 5 nitrogen and oxygen atoms in total. The molecule has 0 spiro atoms. The van der Waals surface area contributed by atoms with Crippen molar-refractivity contribution in [2.75, 3.05) is 0 Å². The van der Waals surface area contributed by atoms with Gasteiger partial charge in [0.2, 0.25) is 0 Å². The first-order chi connectivity index (χ1) is 24.7. The van der Waals surface area contributed by atoms with Crippen LogP contribution in [0.25, 0.3) is 78.7 Å². The van der Waals surface area contributed by atoms with E-state index in [9.17, 15) is 5.26 Å². The van der Waals surface area contributed by atoms with Gasteiger partial charge in [0.1, 0.15) is 0 Å². The Morgan fingerprint density at radius 2 is 1.34 bits per heavy atom. The average Bonchev–Trinajstić information content (AvgIpc) is 3.53. The SMILES string of the molecule is CC1CC=Cc2nc(-c3ccc(-c4nc(-c5ccccc5)cc(-c5cccc(C#N)c5)n4)cc3)c3c4ccccc4n(-c4ccccc4)c3c21. The number of para-hydroxylation sites is 2. The second kappa shape index (κ2) is 12.1. The van der Waals surface area contributed by atoms with Crippen LogP contribution in [0.4, 0.5) is 0 Å². The number of allylic oxidation sites excluding steroid dienone is 1. The molecule has 0 fully saturated rings. The zero-order valence-corrected chi connectivity index (χ0v) is 27.5. The molecule has 5 aromatic carbocycles. The standard InChI is InChI=1S/C45H31N5/c1-29-12-10-20-37-41(29)44-42(36-19-8-9-21-40(36)50(44)35-17-6-3-7-18-35)43(47-37)32-22-24-33(25-23-32)45-48-38(31-14-4-2-5-15-31)27-39(49-45)34-16-11-13-30(26-34)28-46/h2-11,13-27,29H,12H2,1H3. The molecule has 0 bridgehead atoms. The van der Waals surface area contributed by atoms with Crippen molar-refractivity contribution in [2.45, 2.75) is 19.3 Å². The Morgan fingerprint density at radius 1 is 0.660 bits per heavy atom. The summed E-state index contributed by atoms with van der Waals surface area (Å²) in [5.74, 6) is 0.960. The Hall–Kier alpha value is -6.64. The predicted molar refractivity (Wildman–Crippen MR) is 203 cm³/mol. The van der Waals surface area contributed by atoms with Crippen LogP contribution in [0.1, 0.15) is 36.1 Å². The normalized spacial score (nSPS) is 13.7. The fraction of sp³-hybridized carbons (Fsp3) is 0.0667. The van der Waals surface area contributed by atoms with E-state index < -0.39 is 0 Å². The summed E-state index contributed by atoms with van der Waals surface area (Å²) in [6.45, 7) is 2.30.